The number of nitrogen functional groups attached to an aromatic ring is 1. The van der Waals surface area contributed by atoms with Crippen LogP contribution in [-0.2, 0) is 7.05 Å². The second kappa shape index (κ2) is 10.2. The average Bonchev–Trinajstić information content (AvgIpc) is 3.15. The van der Waals surface area contributed by atoms with Crippen LogP contribution in [0.5, 0.6) is 0 Å². The van der Waals surface area contributed by atoms with Gasteiger partial charge in [0.05, 0.1) is 17.0 Å². The number of aliphatic imine (C=N–C) groups is 1. The van der Waals surface area contributed by atoms with Crippen molar-refractivity contribution in [2.45, 2.75) is 19.9 Å². The van der Waals surface area contributed by atoms with Crippen LogP contribution >= 0.6 is 0 Å². The summed E-state index contributed by atoms with van der Waals surface area (Å²) in [6.45, 7) is 7.05. The van der Waals surface area contributed by atoms with E-state index in [2.05, 4.69) is 33.8 Å². The van der Waals surface area contributed by atoms with Crippen LogP contribution in [0.3, 0.4) is 0 Å². The number of nitrogens with zero attached hydrogens (tertiary/aromatic N) is 3. The number of aromatic nitrogens is 2. The quantitative estimate of drug-likeness (QED) is 0.311. The fraction of sp³-hybridized carbons (Fsp3) is 0.143. The minimum atomic E-state index is -0.693. The summed E-state index contributed by atoms with van der Waals surface area (Å²) < 4.78 is 7.68. The Morgan fingerprint density at radius 2 is 2.00 bits per heavy atom. The largest absolute Gasteiger partial charge is 0.458 e. The molecule has 2 heterocycles. The van der Waals surface area contributed by atoms with Gasteiger partial charge in [0, 0.05) is 18.8 Å². The molecular weight excluding hydrogens is 454 g/mol. The molecule has 3 N–H and O–H groups in total. The molecule has 2 aromatic heterocycles. The average molecular weight is 480 g/mol. The molecule has 0 radical (unpaired) electrons. The second-order valence-electron chi connectivity index (χ2n) is 8.01. The van der Waals surface area contributed by atoms with Crippen molar-refractivity contribution in [2.24, 2.45) is 12.0 Å². The van der Waals surface area contributed by atoms with Crippen molar-refractivity contribution in [3.05, 3.63) is 88.3 Å². The topological polar surface area (TPSA) is 116 Å². The van der Waals surface area contributed by atoms with Crippen LogP contribution in [0, 0.1) is 11.8 Å². The number of carbonyl (C=O) groups is 1. The zero-order chi connectivity index (χ0) is 25.8. The van der Waals surface area contributed by atoms with E-state index in [0.29, 0.717) is 33.4 Å². The molecule has 8 heteroatoms. The lowest BCUT2D eigenvalue weighted by atomic mass is 9.97. The van der Waals surface area contributed by atoms with Gasteiger partial charge >= 0.3 is 0 Å². The maximum atomic E-state index is 13.8. The van der Waals surface area contributed by atoms with Crippen LogP contribution in [0.1, 0.15) is 41.6 Å². The first-order chi connectivity index (χ1) is 17.4. The normalized spacial score (nSPS) is 11.8. The summed E-state index contributed by atoms with van der Waals surface area (Å²) in [6, 6.07) is 13.8. The summed E-state index contributed by atoms with van der Waals surface area (Å²) in [5, 5.41) is 7.40. The number of nitrogens with two attached hydrogens (primary N) is 1. The number of hydrogen-bond acceptors (Lipinski definition) is 6. The van der Waals surface area contributed by atoms with Gasteiger partial charge in [0.2, 0.25) is 5.43 Å². The Bertz CT molecular complexity index is 1620. The van der Waals surface area contributed by atoms with Crippen LogP contribution in [-0.4, -0.2) is 21.9 Å². The van der Waals surface area contributed by atoms with Gasteiger partial charge < -0.3 is 15.5 Å². The number of amides is 1. The van der Waals surface area contributed by atoms with E-state index >= 15 is 0 Å². The van der Waals surface area contributed by atoms with Gasteiger partial charge in [-0.1, -0.05) is 55.0 Å². The van der Waals surface area contributed by atoms with Crippen molar-refractivity contribution < 1.29 is 9.21 Å². The standard InChI is InChI=1S/C28H25N5O3/c1-5-11-18-14-10-15-20-21(18)24(34)22(19-12-8-7-9-13-19)25(36-20)17(3)31-28(35)23-26(29)32-33(4)27(23)30-16-6-2/h6-10,12-17H,2H2,1,3-4H3,(H2,29,32)(H,31,35)/b30-16-. The predicted octanol–water partition coefficient (Wildman–Crippen LogP) is 4.53. The van der Waals surface area contributed by atoms with Crippen molar-refractivity contribution in [2.75, 3.05) is 5.73 Å². The molecular formula is C28H25N5O3. The van der Waals surface area contributed by atoms with Crippen molar-refractivity contribution in [3.63, 3.8) is 0 Å². The van der Waals surface area contributed by atoms with E-state index in [9.17, 15) is 9.59 Å². The SMILES string of the molecule is C=C/C=N\c1c(C(=O)NC(C)c2oc3cccc(C#CC)c3c(=O)c2-c2ccccc2)c(N)nn1C. The molecule has 0 spiro atoms. The fourth-order valence-electron chi connectivity index (χ4n) is 4.04. The van der Waals surface area contributed by atoms with Crippen molar-refractivity contribution >= 4 is 34.7 Å². The molecule has 180 valence electrons. The van der Waals surface area contributed by atoms with E-state index in [1.54, 1.807) is 39.1 Å². The molecule has 8 nitrogen and oxygen atoms in total. The highest BCUT2D eigenvalue weighted by Crippen LogP contribution is 2.31. The van der Waals surface area contributed by atoms with Gasteiger partial charge in [0.25, 0.3) is 5.91 Å². The lowest BCUT2D eigenvalue weighted by Crippen LogP contribution is -2.28. The molecule has 1 atom stereocenters. The molecule has 0 bridgehead atoms. The van der Waals surface area contributed by atoms with Gasteiger partial charge in [-0.05, 0) is 31.5 Å². The number of benzene rings is 2. The molecule has 4 aromatic rings. The Morgan fingerprint density at radius 1 is 1.25 bits per heavy atom. The number of anilines is 1. The van der Waals surface area contributed by atoms with Crippen LogP contribution in [0.25, 0.3) is 22.1 Å². The number of aryl methyl sites for hydroxylation is 1. The van der Waals surface area contributed by atoms with E-state index in [1.165, 1.54) is 17.0 Å². The van der Waals surface area contributed by atoms with Crippen molar-refractivity contribution in [1.29, 1.82) is 0 Å². The summed E-state index contributed by atoms with van der Waals surface area (Å²) in [6.07, 6.45) is 2.93. The summed E-state index contributed by atoms with van der Waals surface area (Å²) in [4.78, 5) is 31.4. The number of carbonyl (C=O) groups excluding carboxylic acids is 1. The monoisotopic (exact) mass is 479 g/mol. The minimum Gasteiger partial charge on any atom is -0.458 e. The Morgan fingerprint density at radius 3 is 2.69 bits per heavy atom. The molecule has 1 unspecified atom stereocenters. The van der Waals surface area contributed by atoms with E-state index in [-0.39, 0.29) is 22.6 Å². The van der Waals surface area contributed by atoms with E-state index in [4.69, 9.17) is 10.2 Å². The number of hydrogen-bond donors (Lipinski definition) is 2. The van der Waals surface area contributed by atoms with Gasteiger partial charge in [-0.2, -0.15) is 5.10 Å². The lowest BCUT2D eigenvalue weighted by molar-refractivity contribution is 0.0937. The van der Waals surface area contributed by atoms with Crippen molar-refractivity contribution in [1.82, 2.24) is 15.1 Å². The summed E-state index contributed by atoms with van der Waals surface area (Å²) in [7, 11) is 1.64. The second-order valence-corrected chi connectivity index (χ2v) is 8.01. The first kappa shape index (κ1) is 24.2. The lowest BCUT2D eigenvalue weighted by Gasteiger charge is -2.18. The number of nitrogens with one attached hydrogen (secondary N) is 1. The molecule has 0 saturated carbocycles. The summed E-state index contributed by atoms with van der Waals surface area (Å²) >= 11 is 0. The van der Waals surface area contributed by atoms with E-state index in [0.717, 1.165) is 0 Å². The predicted molar refractivity (Wildman–Crippen MR) is 142 cm³/mol. The third-order valence-electron chi connectivity index (χ3n) is 5.58. The van der Waals surface area contributed by atoms with Crippen LogP contribution in [0.15, 0.2) is 75.4 Å². The Hall–Kier alpha value is -4.90. The maximum absolute atomic E-state index is 13.8. The highest BCUT2D eigenvalue weighted by Gasteiger charge is 2.26. The van der Waals surface area contributed by atoms with E-state index < -0.39 is 11.9 Å². The molecule has 1 amide bonds. The summed E-state index contributed by atoms with van der Waals surface area (Å²) in [5.74, 6) is 5.95. The number of rotatable bonds is 6. The third-order valence-corrected chi connectivity index (χ3v) is 5.58. The molecule has 0 fully saturated rings. The minimum absolute atomic E-state index is 0.0319. The van der Waals surface area contributed by atoms with Gasteiger partial charge in [-0.25, -0.2) is 9.67 Å². The highest BCUT2D eigenvalue weighted by molar-refractivity contribution is 6.03. The zero-order valence-electron chi connectivity index (χ0n) is 20.2. The third kappa shape index (κ3) is 4.42. The fourth-order valence-corrected chi connectivity index (χ4v) is 4.04. The summed E-state index contributed by atoms with van der Waals surface area (Å²) in [5.41, 5.74) is 7.89. The molecule has 0 aliphatic carbocycles. The maximum Gasteiger partial charge on any atom is 0.259 e. The van der Waals surface area contributed by atoms with Gasteiger partial charge in [-0.15, -0.1) is 5.92 Å². The molecule has 0 saturated heterocycles. The Labute approximate surface area is 208 Å². The number of fused-ring (bicyclic) bond motifs is 1. The van der Waals surface area contributed by atoms with Gasteiger partial charge in [0.15, 0.2) is 11.6 Å². The zero-order valence-corrected chi connectivity index (χ0v) is 20.2. The Kier molecular flexibility index (Phi) is 6.84. The molecule has 2 aromatic carbocycles. The van der Waals surface area contributed by atoms with Gasteiger partial charge in [-0.3, -0.25) is 9.59 Å². The molecule has 0 aliphatic heterocycles. The van der Waals surface area contributed by atoms with Gasteiger partial charge in [0.1, 0.15) is 16.9 Å². The smallest absolute Gasteiger partial charge is 0.259 e. The number of allylic oxidation sites excluding steroid dienone is 1. The van der Waals surface area contributed by atoms with Crippen LogP contribution in [0.2, 0.25) is 0 Å². The van der Waals surface area contributed by atoms with Crippen LogP contribution < -0.4 is 16.5 Å². The van der Waals surface area contributed by atoms with Crippen molar-refractivity contribution in [3.8, 4) is 23.0 Å². The van der Waals surface area contributed by atoms with Crippen LogP contribution in [0.4, 0.5) is 11.6 Å². The molecule has 36 heavy (non-hydrogen) atoms. The first-order valence-corrected chi connectivity index (χ1v) is 11.2. The molecule has 4 rings (SSSR count). The first-order valence-electron chi connectivity index (χ1n) is 11.2. The molecule has 0 aliphatic rings. The van der Waals surface area contributed by atoms with E-state index in [1.807, 2.05) is 30.3 Å². The highest BCUT2D eigenvalue weighted by atomic mass is 16.3. The Balaban J connectivity index is 1.87.